The number of fused-ring (bicyclic) bond motifs is 1. The Balaban J connectivity index is 1.85. The highest BCUT2D eigenvalue weighted by Crippen LogP contribution is 2.41. The van der Waals surface area contributed by atoms with Gasteiger partial charge in [-0.3, -0.25) is 4.57 Å². The largest absolute Gasteiger partial charge is 0.411 e. The molecule has 9 heteroatoms. The highest BCUT2D eigenvalue weighted by Gasteiger charge is 2.45. The van der Waals surface area contributed by atoms with Crippen LogP contribution in [0.4, 0.5) is 5.82 Å². The third kappa shape index (κ3) is 3.29. The van der Waals surface area contributed by atoms with Crippen molar-refractivity contribution in [2.45, 2.75) is 63.8 Å². The van der Waals surface area contributed by atoms with Crippen LogP contribution in [0.2, 0.25) is 18.1 Å². The van der Waals surface area contributed by atoms with Gasteiger partial charge in [-0.05, 0) is 18.1 Å². The molecule has 0 saturated carbocycles. The molecular weight excluding hydrogens is 338 g/mol. The molecule has 1 fully saturated rings. The van der Waals surface area contributed by atoms with Gasteiger partial charge in [0.05, 0.1) is 19.0 Å². The molecule has 1 saturated heterocycles. The molecule has 0 aliphatic carbocycles. The lowest BCUT2D eigenvalue weighted by Crippen LogP contribution is -2.46. The number of ether oxygens (including phenoxy) is 1. The highest BCUT2D eigenvalue weighted by atomic mass is 28.4. The van der Waals surface area contributed by atoms with E-state index in [2.05, 4.69) is 48.8 Å². The van der Waals surface area contributed by atoms with Crippen molar-refractivity contribution in [3.8, 4) is 0 Å². The number of aromatic nitrogens is 4. The molecule has 2 aromatic rings. The molecule has 0 spiro atoms. The number of nitrogens with two attached hydrogens (primary N) is 1. The lowest BCUT2D eigenvalue weighted by atomic mass is 10.2. The molecule has 3 rings (SSSR count). The number of anilines is 1. The average molecular weight is 366 g/mol. The van der Waals surface area contributed by atoms with E-state index in [0.717, 1.165) is 0 Å². The minimum atomic E-state index is -1.97. The third-order valence-electron chi connectivity index (χ3n) is 5.31. The number of aliphatic hydroxyl groups is 1. The Bertz CT molecular complexity index is 758. The monoisotopic (exact) mass is 365 g/mol. The Hall–Kier alpha value is -1.55. The molecule has 3 N–H and O–H groups in total. The van der Waals surface area contributed by atoms with Gasteiger partial charge in [0.25, 0.3) is 0 Å². The average Bonchev–Trinajstić information content (AvgIpc) is 3.10. The SMILES string of the molecule is CC(C)(C)[Si](C)(C)OC1CC(n2cnc3c(N)ncnc32)OC1CO. The van der Waals surface area contributed by atoms with E-state index in [9.17, 15) is 5.11 Å². The maximum Gasteiger partial charge on any atom is 0.192 e. The Morgan fingerprint density at radius 3 is 2.72 bits per heavy atom. The molecule has 3 atom stereocenters. The molecule has 25 heavy (non-hydrogen) atoms. The summed E-state index contributed by atoms with van der Waals surface area (Å²) in [5, 5.41) is 9.84. The van der Waals surface area contributed by atoms with Gasteiger partial charge in [0.1, 0.15) is 24.2 Å². The zero-order chi connectivity index (χ0) is 18.4. The van der Waals surface area contributed by atoms with Gasteiger partial charge in [0.2, 0.25) is 0 Å². The minimum Gasteiger partial charge on any atom is -0.411 e. The van der Waals surface area contributed by atoms with Crippen LogP contribution in [0.1, 0.15) is 33.4 Å². The normalized spacial score (nSPS) is 25.0. The van der Waals surface area contributed by atoms with Crippen molar-refractivity contribution < 1.29 is 14.3 Å². The fourth-order valence-corrected chi connectivity index (χ4v) is 4.15. The number of rotatable bonds is 4. The second-order valence-electron chi connectivity index (χ2n) is 8.05. The number of nitrogens with zero attached hydrogens (tertiary/aromatic N) is 4. The van der Waals surface area contributed by atoms with Crippen molar-refractivity contribution in [2.75, 3.05) is 12.3 Å². The van der Waals surface area contributed by atoms with Crippen LogP contribution >= 0.6 is 0 Å². The van der Waals surface area contributed by atoms with Gasteiger partial charge in [0, 0.05) is 6.42 Å². The van der Waals surface area contributed by atoms with E-state index in [1.165, 1.54) is 6.33 Å². The summed E-state index contributed by atoms with van der Waals surface area (Å²) in [6.07, 6.45) is 2.88. The van der Waals surface area contributed by atoms with Gasteiger partial charge in [-0.25, -0.2) is 15.0 Å². The molecule has 138 valence electrons. The summed E-state index contributed by atoms with van der Waals surface area (Å²) < 4.78 is 14.4. The number of aliphatic hydroxyl groups excluding tert-OH is 1. The summed E-state index contributed by atoms with van der Waals surface area (Å²) in [7, 11) is -1.97. The highest BCUT2D eigenvalue weighted by molar-refractivity contribution is 6.74. The van der Waals surface area contributed by atoms with Gasteiger partial charge < -0.3 is 20.0 Å². The van der Waals surface area contributed by atoms with Gasteiger partial charge in [-0.15, -0.1) is 0 Å². The fourth-order valence-electron chi connectivity index (χ4n) is 2.80. The molecule has 1 aliphatic rings. The van der Waals surface area contributed by atoms with Gasteiger partial charge >= 0.3 is 0 Å². The molecule has 3 heterocycles. The third-order valence-corrected chi connectivity index (χ3v) is 9.81. The van der Waals surface area contributed by atoms with E-state index in [4.69, 9.17) is 14.9 Å². The predicted octanol–water partition coefficient (Wildman–Crippen LogP) is 2.08. The molecule has 0 amide bonds. The van der Waals surface area contributed by atoms with Crippen LogP contribution in [0.5, 0.6) is 0 Å². The second kappa shape index (κ2) is 6.31. The lowest BCUT2D eigenvalue weighted by Gasteiger charge is -2.39. The number of hydrogen-bond acceptors (Lipinski definition) is 7. The number of hydrogen-bond donors (Lipinski definition) is 2. The van der Waals surface area contributed by atoms with Crippen molar-refractivity contribution >= 4 is 25.3 Å². The van der Waals surface area contributed by atoms with Crippen LogP contribution in [-0.4, -0.2) is 51.8 Å². The first kappa shape index (κ1) is 18.2. The fraction of sp³-hybridized carbons (Fsp3) is 0.688. The summed E-state index contributed by atoms with van der Waals surface area (Å²) in [4.78, 5) is 12.5. The Labute approximate surface area is 148 Å². The van der Waals surface area contributed by atoms with Crippen LogP contribution in [0.25, 0.3) is 11.2 Å². The number of imidazole rings is 1. The molecule has 1 aliphatic heterocycles. The zero-order valence-electron chi connectivity index (χ0n) is 15.4. The van der Waals surface area contributed by atoms with Gasteiger partial charge in [0.15, 0.2) is 19.8 Å². The van der Waals surface area contributed by atoms with Crippen LogP contribution < -0.4 is 5.73 Å². The first-order valence-corrected chi connectivity index (χ1v) is 11.4. The van der Waals surface area contributed by atoms with Crippen LogP contribution in [0.15, 0.2) is 12.7 Å². The summed E-state index contributed by atoms with van der Waals surface area (Å²) in [6, 6.07) is 0. The van der Waals surface area contributed by atoms with Crippen molar-refractivity contribution in [1.29, 1.82) is 0 Å². The molecular formula is C16H27N5O3Si. The lowest BCUT2D eigenvalue weighted by molar-refractivity contribution is -0.0410. The summed E-state index contributed by atoms with van der Waals surface area (Å²) in [5.74, 6) is 0.342. The molecule has 0 aromatic carbocycles. The van der Waals surface area contributed by atoms with E-state index in [1.54, 1.807) is 6.33 Å². The second-order valence-corrected chi connectivity index (χ2v) is 12.8. The van der Waals surface area contributed by atoms with Crippen molar-refractivity contribution in [3.63, 3.8) is 0 Å². The molecule has 3 unspecified atom stereocenters. The molecule has 8 nitrogen and oxygen atoms in total. The Kier molecular flexibility index (Phi) is 4.61. The quantitative estimate of drug-likeness (QED) is 0.798. The molecule has 0 radical (unpaired) electrons. The first-order valence-electron chi connectivity index (χ1n) is 8.51. The minimum absolute atomic E-state index is 0.0838. The van der Waals surface area contributed by atoms with E-state index in [0.29, 0.717) is 23.4 Å². The van der Waals surface area contributed by atoms with Crippen molar-refractivity contribution in [3.05, 3.63) is 12.7 Å². The maximum absolute atomic E-state index is 9.75. The predicted molar refractivity (Wildman–Crippen MR) is 97.4 cm³/mol. The van der Waals surface area contributed by atoms with Gasteiger partial charge in [-0.2, -0.15) is 0 Å². The summed E-state index contributed by atoms with van der Waals surface area (Å²) >= 11 is 0. The smallest absolute Gasteiger partial charge is 0.192 e. The molecule has 2 aromatic heterocycles. The Morgan fingerprint density at radius 1 is 1.36 bits per heavy atom. The van der Waals surface area contributed by atoms with Crippen LogP contribution in [0, 0.1) is 0 Å². The standard InChI is InChI=1S/C16H27N5O3Si/c1-16(2,3)25(4,5)24-10-6-12(23-11(10)7-22)21-9-20-13-14(17)18-8-19-15(13)21/h8-12,22H,6-7H2,1-5H3,(H2,17,18,19). The van der Waals surface area contributed by atoms with E-state index in [1.807, 2.05) is 4.57 Å². The first-order chi connectivity index (χ1) is 11.6. The van der Waals surface area contributed by atoms with Gasteiger partial charge in [-0.1, -0.05) is 20.8 Å². The topological polar surface area (TPSA) is 108 Å². The zero-order valence-corrected chi connectivity index (χ0v) is 16.4. The van der Waals surface area contributed by atoms with E-state index in [-0.39, 0.29) is 30.1 Å². The van der Waals surface area contributed by atoms with Crippen molar-refractivity contribution in [1.82, 2.24) is 19.5 Å². The number of nitrogen functional groups attached to an aromatic ring is 1. The van der Waals surface area contributed by atoms with Crippen LogP contribution in [0.3, 0.4) is 0 Å². The summed E-state index contributed by atoms with van der Waals surface area (Å²) in [6.45, 7) is 10.9. The van der Waals surface area contributed by atoms with E-state index >= 15 is 0 Å². The van der Waals surface area contributed by atoms with Crippen LogP contribution in [-0.2, 0) is 9.16 Å². The molecule has 0 bridgehead atoms. The van der Waals surface area contributed by atoms with E-state index < -0.39 is 8.32 Å². The Morgan fingerprint density at radius 2 is 2.08 bits per heavy atom. The van der Waals surface area contributed by atoms with Crippen molar-refractivity contribution in [2.24, 2.45) is 0 Å². The summed E-state index contributed by atoms with van der Waals surface area (Å²) in [5.41, 5.74) is 7.04. The maximum atomic E-state index is 9.75.